The van der Waals surface area contributed by atoms with Crippen molar-refractivity contribution in [1.29, 1.82) is 0 Å². The molecule has 0 unspecified atom stereocenters. The van der Waals surface area contributed by atoms with Crippen molar-refractivity contribution in [2.45, 2.75) is 82.0 Å². The average Bonchev–Trinajstić information content (AvgIpc) is 3.52. The van der Waals surface area contributed by atoms with E-state index < -0.39 is 11.6 Å². The third kappa shape index (κ3) is 5.41. The Balaban J connectivity index is 1.12. The summed E-state index contributed by atoms with van der Waals surface area (Å²) >= 11 is 0. The Morgan fingerprint density at radius 3 is 2.14 bits per heavy atom. The lowest BCUT2D eigenvalue weighted by molar-refractivity contribution is 0.0470. The molecule has 1 aliphatic heterocycles. The van der Waals surface area contributed by atoms with Gasteiger partial charge in [0.2, 0.25) is 0 Å². The Labute approximate surface area is 210 Å². The summed E-state index contributed by atoms with van der Waals surface area (Å²) in [7, 11) is 0. The minimum absolute atomic E-state index is 0.195. The number of piperidine rings is 1. The lowest BCUT2D eigenvalue weighted by Crippen LogP contribution is -2.54. The lowest BCUT2D eigenvalue weighted by Gasteiger charge is -2.36. The molecular weight excluding hydrogens is 434 g/mol. The average molecular weight is 476 g/mol. The number of benzene rings is 2. The SMILES string of the molecule is C[C@@H](NC(=O)NC1CCC(CCN2C[C@H]3CC[C@@H]2C3)CC1)C(O)(c1ccccc1)c1ccccc1. The van der Waals surface area contributed by atoms with E-state index >= 15 is 0 Å². The van der Waals surface area contributed by atoms with E-state index in [9.17, 15) is 9.90 Å². The largest absolute Gasteiger partial charge is 0.378 e. The second-order valence-electron chi connectivity index (χ2n) is 11.2. The molecule has 3 fully saturated rings. The van der Waals surface area contributed by atoms with E-state index in [0.717, 1.165) is 41.8 Å². The number of carbonyl (C=O) groups excluding carboxylic acids is 1. The second kappa shape index (κ2) is 10.7. The zero-order valence-electron chi connectivity index (χ0n) is 21.0. The molecule has 0 radical (unpaired) electrons. The van der Waals surface area contributed by atoms with Gasteiger partial charge in [-0.05, 0) is 87.8 Å². The highest BCUT2D eigenvalue weighted by molar-refractivity contribution is 5.75. The zero-order chi connectivity index (χ0) is 24.3. The summed E-state index contributed by atoms with van der Waals surface area (Å²) in [6.07, 6.45) is 10.1. The van der Waals surface area contributed by atoms with E-state index in [1.165, 1.54) is 51.6 Å². The standard InChI is InChI=1S/C30H41N3O2/c1-22(30(35,25-8-4-2-5-9-25)26-10-6-3-7-11-26)31-29(34)32-27-15-12-23(13-16-27)18-19-33-21-24-14-17-28(33)20-24/h2-11,22-24,27-28,35H,12-21H2,1H3,(H2,31,32,34)/t22-,23?,24+,27?,28-/m1/s1. The molecule has 2 aliphatic carbocycles. The normalized spacial score (nSPS) is 27.5. The predicted molar refractivity (Wildman–Crippen MR) is 140 cm³/mol. The maximum Gasteiger partial charge on any atom is 0.315 e. The summed E-state index contributed by atoms with van der Waals surface area (Å²) in [5.74, 6) is 1.76. The van der Waals surface area contributed by atoms with Crippen molar-refractivity contribution in [3.63, 3.8) is 0 Å². The first-order valence-electron chi connectivity index (χ1n) is 13.7. The van der Waals surface area contributed by atoms with Crippen molar-refractivity contribution < 1.29 is 9.90 Å². The van der Waals surface area contributed by atoms with Crippen LogP contribution in [-0.4, -0.2) is 47.3 Å². The Kier molecular flexibility index (Phi) is 7.45. The van der Waals surface area contributed by atoms with Gasteiger partial charge in [-0.3, -0.25) is 0 Å². The maximum atomic E-state index is 12.9. The highest BCUT2D eigenvalue weighted by Gasteiger charge is 2.39. The Morgan fingerprint density at radius 1 is 0.971 bits per heavy atom. The number of nitrogens with zero attached hydrogens (tertiary/aromatic N) is 1. The van der Waals surface area contributed by atoms with Crippen LogP contribution in [-0.2, 0) is 5.60 Å². The van der Waals surface area contributed by atoms with E-state index in [1.807, 2.05) is 67.6 Å². The molecule has 3 N–H and O–H groups in total. The quantitative estimate of drug-likeness (QED) is 0.501. The van der Waals surface area contributed by atoms with E-state index in [4.69, 9.17) is 0 Å². The number of hydrogen-bond acceptors (Lipinski definition) is 3. The Hall–Kier alpha value is -2.37. The van der Waals surface area contributed by atoms with Crippen molar-refractivity contribution >= 4 is 6.03 Å². The molecule has 1 heterocycles. The molecule has 0 spiro atoms. The molecule has 2 aromatic rings. The van der Waals surface area contributed by atoms with Crippen LogP contribution in [0.1, 0.15) is 69.4 Å². The van der Waals surface area contributed by atoms with Crippen molar-refractivity contribution in [2.75, 3.05) is 13.1 Å². The molecule has 0 aromatic heterocycles. The summed E-state index contributed by atoms with van der Waals surface area (Å²) < 4.78 is 0. The molecule has 3 aliphatic rings. The molecular formula is C30H41N3O2. The number of amides is 2. The number of carbonyl (C=O) groups is 1. The summed E-state index contributed by atoms with van der Waals surface area (Å²) in [5.41, 5.74) is 0.225. The minimum atomic E-state index is -1.31. The number of fused-ring (bicyclic) bond motifs is 2. The monoisotopic (exact) mass is 475 g/mol. The van der Waals surface area contributed by atoms with Crippen LogP contribution in [0.5, 0.6) is 0 Å². The minimum Gasteiger partial charge on any atom is -0.378 e. The molecule has 5 heteroatoms. The molecule has 2 saturated carbocycles. The molecule has 1 saturated heterocycles. The third-order valence-corrected chi connectivity index (χ3v) is 8.93. The van der Waals surface area contributed by atoms with Gasteiger partial charge in [0, 0.05) is 18.6 Å². The summed E-state index contributed by atoms with van der Waals surface area (Å²) in [6, 6.07) is 19.6. The number of urea groups is 1. The van der Waals surface area contributed by atoms with Gasteiger partial charge in [-0.25, -0.2) is 4.79 Å². The van der Waals surface area contributed by atoms with Crippen LogP contribution in [0, 0.1) is 11.8 Å². The van der Waals surface area contributed by atoms with Crippen molar-refractivity contribution in [3.05, 3.63) is 71.8 Å². The van der Waals surface area contributed by atoms with E-state index in [-0.39, 0.29) is 12.1 Å². The van der Waals surface area contributed by atoms with Gasteiger partial charge in [-0.2, -0.15) is 0 Å². The first-order valence-corrected chi connectivity index (χ1v) is 13.7. The maximum absolute atomic E-state index is 12.9. The molecule has 5 rings (SSSR count). The molecule has 2 bridgehead atoms. The molecule has 188 valence electrons. The molecule has 35 heavy (non-hydrogen) atoms. The van der Waals surface area contributed by atoms with Crippen LogP contribution in [0.4, 0.5) is 4.79 Å². The number of hydrogen-bond donors (Lipinski definition) is 3. The van der Waals surface area contributed by atoms with Gasteiger partial charge in [0.25, 0.3) is 0 Å². The van der Waals surface area contributed by atoms with Gasteiger partial charge in [-0.15, -0.1) is 0 Å². The summed E-state index contributed by atoms with van der Waals surface area (Å²) in [6.45, 7) is 4.47. The Bertz CT molecular complexity index is 919. The Morgan fingerprint density at radius 2 is 1.60 bits per heavy atom. The van der Waals surface area contributed by atoms with Crippen LogP contribution >= 0.6 is 0 Å². The first kappa shape index (κ1) is 24.3. The topological polar surface area (TPSA) is 64.6 Å². The fourth-order valence-electron chi connectivity index (χ4n) is 6.82. The molecule has 5 nitrogen and oxygen atoms in total. The van der Waals surface area contributed by atoms with Gasteiger partial charge < -0.3 is 20.6 Å². The van der Waals surface area contributed by atoms with E-state index in [1.54, 1.807) is 0 Å². The summed E-state index contributed by atoms with van der Waals surface area (Å²) in [5, 5.41) is 18.1. The fourth-order valence-corrected chi connectivity index (χ4v) is 6.82. The number of likely N-dealkylation sites (tertiary alicyclic amines) is 1. The van der Waals surface area contributed by atoms with Crippen molar-refractivity contribution in [2.24, 2.45) is 11.8 Å². The van der Waals surface area contributed by atoms with Crippen LogP contribution in [0.2, 0.25) is 0 Å². The van der Waals surface area contributed by atoms with Gasteiger partial charge in [0.1, 0.15) is 5.60 Å². The second-order valence-corrected chi connectivity index (χ2v) is 11.2. The van der Waals surface area contributed by atoms with Crippen LogP contribution in [0.25, 0.3) is 0 Å². The molecule has 3 atom stereocenters. The van der Waals surface area contributed by atoms with Gasteiger partial charge in [-0.1, -0.05) is 60.7 Å². The highest BCUT2D eigenvalue weighted by atomic mass is 16.3. The van der Waals surface area contributed by atoms with E-state index in [2.05, 4.69) is 15.5 Å². The lowest BCUT2D eigenvalue weighted by atomic mass is 9.81. The highest BCUT2D eigenvalue weighted by Crippen LogP contribution is 2.38. The number of rotatable bonds is 8. The summed E-state index contributed by atoms with van der Waals surface area (Å²) in [4.78, 5) is 15.7. The molecule has 2 amide bonds. The predicted octanol–water partition coefficient (Wildman–Crippen LogP) is 5.04. The third-order valence-electron chi connectivity index (χ3n) is 8.93. The van der Waals surface area contributed by atoms with Crippen LogP contribution < -0.4 is 10.6 Å². The van der Waals surface area contributed by atoms with Gasteiger partial charge >= 0.3 is 6.03 Å². The van der Waals surface area contributed by atoms with Crippen molar-refractivity contribution in [1.82, 2.24) is 15.5 Å². The fraction of sp³-hybridized carbons (Fsp3) is 0.567. The van der Waals surface area contributed by atoms with E-state index in [0.29, 0.717) is 0 Å². The first-order chi connectivity index (χ1) is 17.0. The zero-order valence-corrected chi connectivity index (χ0v) is 21.0. The van der Waals surface area contributed by atoms with Crippen LogP contribution in [0.15, 0.2) is 60.7 Å². The van der Waals surface area contributed by atoms with Gasteiger partial charge in [0.15, 0.2) is 0 Å². The smallest absolute Gasteiger partial charge is 0.315 e. The number of nitrogens with one attached hydrogen (secondary N) is 2. The van der Waals surface area contributed by atoms with Crippen molar-refractivity contribution in [3.8, 4) is 0 Å². The number of aliphatic hydroxyl groups is 1. The molecule has 2 aromatic carbocycles. The van der Waals surface area contributed by atoms with Gasteiger partial charge in [0.05, 0.1) is 6.04 Å². The van der Waals surface area contributed by atoms with Crippen LogP contribution in [0.3, 0.4) is 0 Å².